The lowest BCUT2D eigenvalue weighted by molar-refractivity contribution is 0.393. The molecule has 1 N–H and O–H groups in total. The van der Waals surface area contributed by atoms with Crippen LogP contribution in [0.15, 0.2) is 24.3 Å². The Morgan fingerprint density at radius 1 is 1.18 bits per heavy atom. The monoisotopic (exact) mass is 235 g/mol. The fraction of sp³-hybridized carbons (Fsp3) is 0.600. The van der Waals surface area contributed by atoms with Crippen molar-refractivity contribution >= 4 is 0 Å². The topological polar surface area (TPSA) is 21.3 Å². The average molecular weight is 235 g/mol. The van der Waals surface area contributed by atoms with Crippen molar-refractivity contribution < 1.29 is 4.74 Å². The van der Waals surface area contributed by atoms with Crippen LogP contribution in [0, 0.1) is 0 Å². The van der Waals surface area contributed by atoms with Crippen LogP contribution in [0.3, 0.4) is 0 Å². The summed E-state index contributed by atoms with van der Waals surface area (Å²) in [4.78, 5) is 0. The fourth-order valence-corrected chi connectivity index (χ4v) is 2.17. The molecule has 0 aromatic heterocycles. The molecule has 1 aromatic carbocycles. The Labute approximate surface area is 105 Å². The molecule has 0 aliphatic rings. The first-order valence-corrected chi connectivity index (χ1v) is 6.69. The molecule has 1 rings (SSSR count). The van der Waals surface area contributed by atoms with E-state index >= 15 is 0 Å². The van der Waals surface area contributed by atoms with Crippen molar-refractivity contribution in [3.8, 4) is 5.75 Å². The van der Waals surface area contributed by atoms with Crippen LogP contribution in [0.5, 0.6) is 5.75 Å². The molecule has 0 spiro atoms. The van der Waals surface area contributed by atoms with E-state index in [9.17, 15) is 0 Å². The summed E-state index contributed by atoms with van der Waals surface area (Å²) < 4.78 is 5.44. The Morgan fingerprint density at radius 3 is 2.59 bits per heavy atom. The molecule has 0 bridgehead atoms. The van der Waals surface area contributed by atoms with Gasteiger partial charge >= 0.3 is 0 Å². The zero-order chi connectivity index (χ0) is 12.5. The van der Waals surface area contributed by atoms with Crippen LogP contribution in [0.4, 0.5) is 0 Å². The SMILES string of the molecule is CCCCCC(NCC)c1ccccc1OC. The van der Waals surface area contributed by atoms with Gasteiger partial charge in [-0.15, -0.1) is 0 Å². The third kappa shape index (κ3) is 4.39. The molecule has 0 saturated carbocycles. The van der Waals surface area contributed by atoms with E-state index in [0.717, 1.165) is 12.3 Å². The molecule has 1 aromatic rings. The molecule has 0 aliphatic carbocycles. The smallest absolute Gasteiger partial charge is 0.123 e. The van der Waals surface area contributed by atoms with Gasteiger partial charge in [-0.2, -0.15) is 0 Å². The lowest BCUT2D eigenvalue weighted by Crippen LogP contribution is -2.21. The first-order chi connectivity index (χ1) is 8.33. The van der Waals surface area contributed by atoms with E-state index in [-0.39, 0.29) is 0 Å². The van der Waals surface area contributed by atoms with Crippen molar-refractivity contribution in [2.45, 2.75) is 45.6 Å². The van der Waals surface area contributed by atoms with Gasteiger partial charge in [-0.3, -0.25) is 0 Å². The Kier molecular flexibility index (Phi) is 6.71. The summed E-state index contributed by atoms with van der Waals surface area (Å²) in [6.45, 7) is 5.39. The Balaban J connectivity index is 2.73. The molecule has 0 heterocycles. The number of para-hydroxylation sites is 1. The van der Waals surface area contributed by atoms with Crippen LogP contribution >= 0.6 is 0 Å². The minimum absolute atomic E-state index is 0.419. The number of nitrogens with one attached hydrogen (secondary N) is 1. The molecule has 0 aliphatic heterocycles. The Hall–Kier alpha value is -1.02. The molecule has 2 nitrogen and oxygen atoms in total. The maximum atomic E-state index is 5.44. The van der Waals surface area contributed by atoms with Crippen molar-refractivity contribution in [1.29, 1.82) is 0 Å². The fourth-order valence-electron chi connectivity index (χ4n) is 2.17. The van der Waals surface area contributed by atoms with Crippen LogP contribution in [0.1, 0.15) is 51.1 Å². The molecule has 1 unspecified atom stereocenters. The third-order valence-corrected chi connectivity index (χ3v) is 3.06. The summed E-state index contributed by atoms with van der Waals surface area (Å²) in [7, 11) is 1.74. The highest BCUT2D eigenvalue weighted by Gasteiger charge is 2.13. The number of benzene rings is 1. The van der Waals surface area contributed by atoms with E-state index in [0.29, 0.717) is 6.04 Å². The number of rotatable bonds is 8. The molecular weight excluding hydrogens is 210 g/mol. The van der Waals surface area contributed by atoms with Crippen LogP contribution in [0.25, 0.3) is 0 Å². The van der Waals surface area contributed by atoms with Crippen molar-refractivity contribution in [3.05, 3.63) is 29.8 Å². The molecule has 96 valence electrons. The van der Waals surface area contributed by atoms with E-state index in [1.54, 1.807) is 7.11 Å². The van der Waals surface area contributed by atoms with Gasteiger partial charge in [-0.25, -0.2) is 0 Å². The second-order valence-corrected chi connectivity index (χ2v) is 4.35. The van der Waals surface area contributed by atoms with Crippen molar-refractivity contribution in [1.82, 2.24) is 5.32 Å². The van der Waals surface area contributed by atoms with Gasteiger partial charge in [0.2, 0.25) is 0 Å². The zero-order valence-corrected chi connectivity index (χ0v) is 11.3. The van der Waals surface area contributed by atoms with Crippen molar-refractivity contribution in [2.24, 2.45) is 0 Å². The summed E-state index contributed by atoms with van der Waals surface area (Å²) in [5.41, 5.74) is 1.29. The van der Waals surface area contributed by atoms with E-state index in [2.05, 4.69) is 31.3 Å². The number of hydrogen-bond donors (Lipinski definition) is 1. The Morgan fingerprint density at radius 2 is 1.94 bits per heavy atom. The number of hydrogen-bond acceptors (Lipinski definition) is 2. The van der Waals surface area contributed by atoms with E-state index in [1.165, 1.54) is 31.2 Å². The Bertz CT molecular complexity index is 312. The van der Waals surface area contributed by atoms with Crippen LogP contribution in [0.2, 0.25) is 0 Å². The molecule has 1 atom stereocenters. The molecule has 0 fully saturated rings. The summed E-state index contributed by atoms with van der Waals surface area (Å²) >= 11 is 0. The van der Waals surface area contributed by atoms with Crippen LogP contribution in [-0.2, 0) is 0 Å². The van der Waals surface area contributed by atoms with E-state index in [1.807, 2.05) is 12.1 Å². The minimum atomic E-state index is 0.419. The van der Waals surface area contributed by atoms with Crippen LogP contribution < -0.4 is 10.1 Å². The highest BCUT2D eigenvalue weighted by atomic mass is 16.5. The molecule has 2 heteroatoms. The highest BCUT2D eigenvalue weighted by Crippen LogP contribution is 2.28. The van der Waals surface area contributed by atoms with Crippen molar-refractivity contribution in [2.75, 3.05) is 13.7 Å². The van der Waals surface area contributed by atoms with Gasteiger partial charge in [0.15, 0.2) is 0 Å². The average Bonchev–Trinajstić information content (AvgIpc) is 2.38. The van der Waals surface area contributed by atoms with Gasteiger partial charge < -0.3 is 10.1 Å². The summed E-state index contributed by atoms with van der Waals surface area (Å²) in [5.74, 6) is 0.995. The first-order valence-electron chi connectivity index (χ1n) is 6.69. The van der Waals surface area contributed by atoms with Gasteiger partial charge in [0.25, 0.3) is 0 Å². The lowest BCUT2D eigenvalue weighted by atomic mass is 9.99. The quantitative estimate of drug-likeness (QED) is 0.689. The molecular formula is C15H25NO. The second kappa shape index (κ2) is 8.13. The number of methoxy groups -OCH3 is 1. The van der Waals surface area contributed by atoms with Gasteiger partial charge in [-0.1, -0.05) is 51.3 Å². The number of unbranched alkanes of at least 4 members (excludes halogenated alkanes) is 2. The van der Waals surface area contributed by atoms with E-state index < -0.39 is 0 Å². The minimum Gasteiger partial charge on any atom is -0.496 e. The van der Waals surface area contributed by atoms with Gasteiger partial charge in [-0.05, 0) is 19.0 Å². The third-order valence-electron chi connectivity index (χ3n) is 3.06. The van der Waals surface area contributed by atoms with E-state index in [4.69, 9.17) is 4.74 Å². The predicted octanol–water partition coefficient (Wildman–Crippen LogP) is 3.93. The normalized spacial score (nSPS) is 12.4. The zero-order valence-electron chi connectivity index (χ0n) is 11.3. The lowest BCUT2D eigenvalue weighted by Gasteiger charge is -2.20. The van der Waals surface area contributed by atoms with Crippen LogP contribution in [-0.4, -0.2) is 13.7 Å². The summed E-state index contributed by atoms with van der Waals surface area (Å²) in [6.07, 6.45) is 5.02. The maximum Gasteiger partial charge on any atom is 0.123 e. The molecule has 0 amide bonds. The first kappa shape index (κ1) is 14.0. The molecule has 0 saturated heterocycles. The standard InChI is InChI=1S/C15H25NO/c1-4-6-7-11-14(16-5-2)13-10-8-9-12-15(13)17-3/h8-10,12,14,16H,4-7,11H2,1-3H3. The largest absolute Gasteiger partial charge is 0.496 e. The van der Waals surface area contributed by atoms with Crippen molar-refractivity contribution in [3.63, 3.8) is 0 Å². The second-order valence-electron chi connectivity index (χ2n) is 4.35. The molecule has 0 radical (unpaired) electrons. The molecule has 17 heavy (non-hydrogen) atoms. The maximum absolute atomic E-state index is 5.44. The van der Waals surface area contributed by atoms with Gasteiger partial charge in [0.1, 0.15) is 5.75 Å². The van der Waals surface area contributed by atoms with Gasteiger partial charge in [0, 0.05) is 11.6 Å². The summed E-state index contributed by atoms with van der Waals surface area (Å²) in [5, 5.41) is 3.55. The van der Waals surface area contributed by atoms with Gasteiger partial charge in [0.05, 0.1) is 7.11 Å². The predicted molar refractivity (Wildman–Crippen MR) is 73.6 cm³/mol. The number of ether oxygens (including phenoxy) is 1. The highest BCUT2D eigenvalue weighted by molar-refractivity contribution is 5.35. The summed E-state index contributed by atoms with van der Waals surface area (Å²) in [6, 6.07) is 8.74.